The van der Waals surface area contributed by atoms with Gasteiger partial charge in [0.25, 0.3) is 0 Å². The second-order valence-electron chi connectivity index (χ2n) is 7.27. The van der Waals surface area contributed by atoms with Crippen molar-refractivity contribution >= 4 is 17.0 Å². The average molecular weight is 407 g/mol. The molecule has 0 atom stereocenters. The number of carbonyl (C=O) groups is 1. The number of hydrogen-bond acceptors (Lipinski definition) is 4. The van der Waals surface area contributed by atoms with E-state index in [0.717, 1.165) is 10.9 Å². The molecule has 9 heteroatoms. The summed E-state index contributed by atoms with van der Waals surface area (Å²) in [5.74, 6) is -0.315. The minimum Gasteiger partial charge on any atom is -0.444 e. The monoisotopic (exact) mass is 407 g/mol. The molecule has 0 unspecified atom stereocenters. The molecule has 3 rings (SSSR count). The van der Waals surface area contributed by atoms with Crippen LogP contribution < -0.4 is 10.1 Å². The Balaban J connectivity index is 1.85. The number of aromatic nitrogens is 2. The summed E-state index contributed by atoms with van der Waals surface area (Å²) in [6.45, 7) is 5.44. The number of para-hydroxylation sites is 1. The summed E-state index contributed by atoms with van der Waals surface area (Å²) in [7, 11) is 0. The number of nitrogens with zero attached hydrogens (tertiary/aromatic N) is 2. The van der Waals surface area contributed by atoms with E-state index >= 15 is 0 Å². The number of hydrogen-bond donors (Lipinski definition) is 1. The number of fused-ring (bicyclic) bond motifs is 1. The lowest BCUT2D eigenvalue weighted by Crippen LogP contribution is -2.32. The van der Waals surface area contributed by atoms with E-state index < -0.39 is 18.1 Å². The molecule has 154 valence electrons. The van der Waals surface area contributed by atoms with Crippen molar-refractivity contribution in [2.75, 3.05) is 0 Å². The van der Waals surface area contributed by atoms with Gasteiger partial charge in [-0.05, 0) is 51.1 Å². The van der Waals surface area contributed by atoms with Crippen LogP contribution in [-0.2, 0) is 11.3 Å². The van der Waals surface area contributed by atoms with Crippen LogP contribution in [0.3, 0.4) is 0 Å². The average Bonchev–Trinajstić information content (AvgIpc) is 2.97. The summed E-state index contributed by atoms with van der Waals surface area (Å²) in [5.41, 5.74) is 1.28. The predicted octanol–water partition coefficient (Wildman–Crippen LogP) is 4.95. The van der Waals surface area contributed by atoms with E-state index in [-0.39, 0.29) is 12.3 Å². The first-order valence-electron chi connectivity index (χ1n) is 8.81. The van der Waals surface area contributed by atoms with Gasteiger partial charge in [-0.3, -0.25) is 0 Å². The number of carbonyl (C=O) groups excluding carboxylic acids is 1. The lowest BCUT2D eigenvalue weighted by atomic mass is 10.2. The number of halogens is 3. The van der Waals surface area contributed by atoms with Crippen molar-refractivity contribution in [1.29, 1.82) is 0 Å². The predicted molar refractivity (Wildman–Crippen MR) is 101 cm³/mol. The van der Waals surface area contributed by atoms with Crippen molar-refractivity contribution in [1.82, 2.24) is 15.1 Å². The normalized spacial score (nSPS) is 12.1. The highest BCUT2D eigenvalue weighted by Gasteiger charge is 2.31. The van der Waals surface area contributed by atoms with Gasteiger partial charge in [-0.2, -0.15) is 5.10 Å². The van der Waals surface area contributed by atoms with Crippen LogP contribution in [0, 0.1) is 0 Å². The molecule has 1 amide bonds. The maximum Gasteiger partial charge on any atom is 0.573 e. The van der Waals surface area contributed by atoms with Crippen molar-refractivity contribution in [3.05, 3.63) is 54.2 Å². The zero-order valence-electron chi connectivity index (χ0n) is 16.1. The minimum absolute atomic E-state index is 0.137. The lowest BCUT2D eigenvalue weighted by Gasteiger charge is -2.19. The van der Waals surface area contributed by atoms with Gasteiger partial charge in [0.1, 0.15) is 11.4 Å². The third-order valence-corrected chi connectivity index (χ3v) is 3.78. The van der Waals surface area contributed by atoms with E-state index in [0.29, 0.717) is 11.4 Å². The molecule has 0 fully saturated rings. The number of benzene rings is 2. The molecule has 0 aliphatic carbocycles. The van der Waals surface area contributed by atoms with Crippen LogP contribution in [0.5, 0.6) is 5.75 Å². The van der Waals surface area contributed by atoms with Crippen molar-refractivity contribution in [2.24, 2.45) is 0 Å². The summed E-state index contributed by atoms with van der Waals surface area (Å²) < 4.78 is 47.8. The summed E-state index contributed by atoms with van der Waals surface area (Å²) in [6, 6.07) is 12.7. The van der Waals surface area contributed by atoms with Crippen LogP contribution in [0.25, 0.3) is 16.6 Å². The third kappa shape index (κ3) is 5.40. The van der Waals surface area contributed by atoms with E-state index in [9.17, 15) is 18.0 Å². The molecule has 29 heavy (non-hydrogen) atoms. The molecule has 6 nitrogen and oxygen atoms in total. The first-order chi connectivity index (χ1) is 13.5. The van der Waals surface area contributed by atoms with Crippen molar-refractivity contribution < 1.29 is 27.4 Å². The number of nitrogens with one attached hydrogen (secondary N) is 1. The SMILES string of the molecule is CC(C)(C)OC(=O)NCc1nn(-c2ccc(OC(F)(F)F)cc2)c2ccccc12. The highest BCUT2D eigenvalue weighted by atomic mass is 19.4. The Morgan fingerprint density at radius 1 is 1.07 bits per heavy atom. The van der Waals surface area contributed by atoms with E-state index in [1.54, 1.807) is 25.5 Å². The van der Waals surface area contributed by atoms with Crippen molar-refractivity contribution in [2.45, 2.75) is 39.3 Å². The molecule has 0 aliphatic heterocycles. The largest absolute Gasteiger partial charge is 0.573 e. The Morgan fingerprint density at radius 3 is 2.34 bits per heavy atom. The molecule has 0 saturated heterocycles. The molecule has 0 bridgehead atoms. The molecule has 2 aromatic carbocycles. The molecule has 1 N–H and O–H groups in total. The van der Waals surface area contributed by atoms with Crippen LogP contribution in [0.2, 0.25) is 0 Å². The Morgan fingerprint density at radius 2 is 1.72 bits per heavy atom. The number of ether oxygens (including phenoxy) is 2. The number of alkyl halides is 3. The smallest absolute Gasteiger partial charge is 0.444 e. The molecular formula is C20H20F3N3O3. The first kappa shape index (κ1) is 20.5. The summed E-state index contributed by atoms with van der Waals surface area (Å²) in [4.78, 5) is 11.9. The van der Waals surface area contributed by atoms with Crippen LogP contribution in [0.4, 0.5) is 18.0 Å². The fraction of sp³-hybridized carbons (Fsp3) is 0.300. The second-order valence-corrected chi connectivity index (χ2v) is 7.27. The van der Waals surface area contributed by atoms with Gasteiger partial charge in [-0.1, -0.05) is 18.2 Å². The fourth-order valence-corrected chi connectivity index (χ4v) is 2.72. The quantitative estimate of drug-likeness (QED) is 0.665. The maximum absolute atomic E-state index is 12.3. The van der Waals surface area contributed by atoms with Crippen LogP contribution >= 0.6 is 0 Å². The van der Waals surface area contributed by atoms with Gasteiger partial charge in [-0.25, -0.2) is 9.48 Å². The Labute approximate surface area is 165 Å². The summed E-state index contributed by atoms with van der Waals surface area (Å²) in [6.07, 6.45) is -5.31. The number of alkyl carbamates (subject to hydrolysis) is 1. The van der Waals surface area contributed by atoms with Gasteiger partial charge in [0.15, 0.2) is 0 Å². The molecular weight excluding hydrogens is 387 g/mol. The van der Waals surface area contributed by atoms with E-state index in [4.69, 9.17) is 4.74 Å². The van der Waals surface area contributed by atoms with Gasteiger partial charge < -0.3 is 14.8 Å². The molecule has 3 aromatic rings. The van der Waals surface area contributed by atoms with Gasteiger partial charge in [-0.15, -0.1) is 13.2 Å². The van der Waals surface area contributed by atoms with Gasteiger partial charge in [0.05, 0.1) is 23.4 Å². The summed E-state index contributed by atoms with van der Waals surface area (Å²) in [5, 5.41) is 7.99. The fourth-order valence-electron chi connectivity index (χ4n) is 2.72. The van der Waals surface area contributed by atoms with E-state index in [1.807, 2.05) is 24.3 Å². The van der Waals surface area contributed by atoms with Gasteiger partial charge in [0.2, 0.25) is 0 Å². The molecule has 1 aromatic heterocycles. The van der Waals surface area contributed by atoms with Crippen LogP contribution in [0.15, 0.2) is 48.5 Å². The van der Waals surface area contributed by atoms with Gasteiger partial charge in [0, 0.05) is 5.39 Å². The van der Waals surface area contributed by atoms with Crippen LogP contribution in [0.1, 0.15) is 26.5 Å². The van der Waals surface area contributed by atoms with Crippen LogP contribution in [-0.4, -0.2) is 27.8 Å². The molecule has 0 spiro atoms. The number of amides is 1. The van der Waals surface area contributed by atoms with Crippen molar-refractivity contribution in [3.63, 3.8) is 0 Å². The molecule has 1 heterocycles. The Hall–Kier alpha value is -3.23. The zero-order valence-corrected chi connectivity index (χ0v) is 16.1. The Bertz CT molecular complexity index is 1010. The highest BCUT2D eigenvalue weighted by Crippen LogP contribution is 2.26. The molecule has 0 saturated carbocycles. The second kappa shape index (κ2) is 7.65. The zero-order chi connectivity index (χ0) is 21.2. The van der Waals surface area contributed by atoms with Gasteiger partial charge >= 0.3 is 12.5 Å². The lowest BCUT2D eigenvalue weighted by molar-refractivity contribution is -0.274. The third-order valence-electron chi connectivity index (χ3n) is 3.78. The molecule has 0 aliphatic rings. The highest BCUT2D eigenvalue weighted by molar-refractivity contribution is 5.84. The van der Waals surface area contributed by atoms with E-state index in [2.05, 4.69) is 15.2 Å². The Kier molecular flexibility index (Phi) is 5.41. The summed E-state index contributed by atoms with van der Waals surface area (Å²) >= 11 is 0. The first-order valence-corrected chi connectivity index (χ1v) is 8.81. The van der Waals surface area contributed by atoms with Crippen molar-refractivity contribution in [3.8, 4) is 11.4 Å². The molecule has 0 radical (unpaired) electrons. The maximum atomic E-state index is 12.3. The minimum atomic E-state index is -4.75. The standard InChI is InChI=1S/C20H20F3N3O3/c1-19(2,3)29-18(27)24-12-16-15-6-4-5-7-17(15)26(25-16)13-8-10-14(11-9-13)28-20(21,22)23/h4-11H,12H2,1-3H3,(H,24,27). The number of rotatable bonds is 4. The topological polar surface area (TPSA) is 65.4 Å². The van der Waals surface area contributed by atoms with E-state index in [1.165, 1.54) is 24.3 Å².